The third-order valence-electron chi connectivity index (χ3n) is 5.30. The number of hydrogen-bond acceptors (Lipinski definition) is 5. The van der Waals surface area contributed by atoms with Gasteiger partial charge in [0.15, 0.2) is 0 Å². The maximum absolute atomic E-state index is 12.4. The second-order valence-electron chi connectivity index (χ2n) is 7.78. The summed E-state index contributed by atoms with van der Waals surface area (Å²) in [6.07, 6.45) is 1.41. The lowest BCUT2D eigenvalue weighted by Crippen LogP contribution is -2.47. The molecule has 1 aliphatic heterocycles. The first kappa shape index (κ1) is 23.1. The number of nitrogens with one attached hydrogen (secondary N) is 2. The van der Waals surface area contributed by atoms with Crippen molar-refractivity contribution in [1.29, 1.82) is 0 Å². The van der Waals surface area contributed by atoms with E-state index in [-0.39, 0.29) is 11.7 Å². The zero-order valence-electron chi connectivity index (χ0n) is 18.1. The molecule has 0 radical (unpaired) electrons. The Hall–Kier alpha value is -2.58. The molecule has 1 amide bonds. The quantitative estimate of drug-likeness (QED) is 0.551. The first-order valence-corrected chi connectivity index (χ1v) is 12.5. The molecule has 0 aromatic heterocycles. The SMILES string of the molecule is CCCS(=O)(=O)Nc1cccc(C(=O)NCCCN2CCN(c3ccccc3)CC2)c1. The summed E-state index contributed by atoms with van der Waals surface area (Å²) in [6.45, 7) is 7.40. The van der Waals surface area contributed by atoms with Crippen LogP contribution < -0.4 is 14.9 Å². The number of para-hydroxylation sites is 1. The predicted octanol–water partition coefficient (Wildman–Crippen LogP) is 2.78. The molecule has 0 atom stereocenters. The smallest absolute Gasteiger partial charge is 0.251 e. The van der Waals surface area contributed by atoms with Crippen molar-refractivity contribution in [1.82, 2.24) is 10.2 Å². The zero-order valence-corrected chi connectivity index (χ0v) is 18.9. The van der Waals surface area contributed by atoms with Crippen LogP contribution in [-0.2, 0) is 10.0 Å². The highest BCUT2D eigenvalue weighted by atomic mass is 32.2. The molecule has 2 aromatic rings. The minimum Gasteiger partial charge on any atom is -0.369 e. The molecule has 2 aromatic carbocycles. The van der Waals surface area contributed by atoms with E-state index in [0.29, 0.717) is 24.2 Å². The number of sulfonamides is 1. The average Bonchev–Trinajstić information content (AvgIpc) is 2.77. The van der Waals surface area contributed by atoms with Gasteiger partial charge in [0.2, 0.25) is 10.0 Å². The molecule has 0 unspecified atom stereocenters. The molecule has 8 heteroatoms. The van der Waals surface area contributed by atoms with Crippen molar-refractivity contribution < 1.29 is 13.2 Å². The van der Waals surface area contributed by atoms with E-state index in [0.717, 1.165) is 39.1 Å². The number of piperazine rings is 1. The van der Waals surface area contributed by atoms with Gasteiger partial charge in [-0.1, -0.05) is 31.2 Å². The van der Waals surface area contributed by atoms with E-state index in [1.807, 2.05) is 13.0 Å². The van der Waals surface area contributed by atoms with Gasteiger partial charge in [0.1, 0.15) is 0 Å². The number of rotatable bonds is 10. The molecule has 1 saturated heterocycles. The Balaban J connectivity index is 1.38. The van der Waals surface area contributed by atoms with Gasteiger partial charge in [0.05, 0.1) is 5.75 Å². The van der Waals surface area contributed by atoms with Gasteiger partial charge in [-0.3, -0.25) is 14.4 Å². The molecule has 168 valence electrons. The van der Waals surface area contributed by atoms with Gasteiger partial charge in [-0.15, -0.1) is 0 Å². The van der Waals surface area contributed by atoms with E-state index in [4.69, 9.17) is 0 Å². The minimum absolute atomic E-state index is 0.0586. The predicted molar refractivity (Wildman–Crippen MR) is 126 cm³/mol. The zero-order chi connectivity index (χ0) is 22.1. The monoisotopic (exact) mass is 444 g/mol. The number of hydrogen-bond donors (Lipinski definition) is 2. The first-order chi connectivity index (χ1) is 15.0. The fourth-order valence-electron chi connectivity index (χ4n) is 3.70. The molecule has 0 aliphatic carbocycles. The standard InChI is InChI=1S/C23H32N4O3S/c1-2-18-31(29,30)25-21-9-6-8-20(19-21)23(28)24-12-7-13-26-14-16-27(17-15-26)22-10-4-3-5-11-22/h3-6,8-11,19,25H,2,7,12-18H2,1H3,(H,24,28). The number of anilines is 2. The van der Waals surface area contributed by atoms with Crippen LogP contribution in [0.1, 0.15) is 30.1 Å². The van der Waals surface area contributed by atoms with Crippen molar-refractivity contribution in [2.45, 2.75) is 19.8 Å². The molecule has 1 heterocycles. The van der Waals surface area contributed by atoms with Crippen LogP contribution in [0.15, 0.2) is 54.6 Å². The maximum Gasteiger partial charge on any atom is 0.251 e. The van der Waals surface area contributed by atoms with E-state index in [2.05, 4.69) is 44.1 Å². The van der Waals surface area contributed by atoms with Crippen LogP contribution in [0.3, 0.4) is 0 Å². The summed E-state index contributed by atoms with van der Waals surface area (Å²) in [5, 5.41) is 2.94. The third-order valence-corrected chi connectivity index (χ3v) is 6.79. The molecule has 1 aliphatic rings. The molecule has 31 heavy (non-hydrogen) atoms. The van der Waals surface area contributed by atoms with E-state index in [1.165, 1.54) is 5.69 Å². The first-order valence-electron chi connectivity index (χ1n) is 10.9. The number of amides is 1. The Morgan fingerprint density at radius 2 is 1.74 bits per heavy atom. The Morgan fingerprint density at radius 3 is 2.45 bits per heavy atom. The van der Waals surface area contributed by atoms with Crippen LogP contribution >= 0.6 is 0 Å². The third kappa shape index (κ3) is 7.25. The lowest BCUT2D eigenvalue weighted by Gasteiger charge is -2.36. The normalized spacial score (nSPS) is 14.9. The second-order valence-corrected chi connectivity index (χ2v) is 9.62. The molecule has 1 fully saturated rings. The van der Waals surface area contributed by atoms with Gasteiger partial charge in [-0.25, -0.2) is 8.42 Å². The lowest BCUT2D eigenvalue weighted by atomic mass is 10.2. The molecular formula is C23H32N4O3S. The molecule has 2 N–H and O–H groups in total. The Kier molecular flexibility index (Phi) is 8.31. The van der Waals surface area contributed by atoms with Gasteiger partial charge in [-0.05, 0) is 49.7 Å². The van der Waals surface area contributed by atoms with Gasteiger partial charge in [-0.2, -0.15) is 0 Å². The van der Waals surface area contributed by atoms with Crippen molar-refractivity contribution in [3.8, 4) is 0 Å². The van der Waals surface area contributed by atoms with Crippen LogP contribution in [0.2, 0.25) is 0 Å². The number of benzene rings is 2. The number of carbonyl (C=O) groups is 1. The summed E-state index contributed by atoms with van der Waals surface area (Å²) >= 11 is 0. The number of carbonyl (C=O) groups excluding carboxylic acids is 1. The molecule has 3 rings (SSSR count). The molecule has 0 bridgehead atoms. The minimum atomic E-state index is -3.37. The molecule has 0 spiro atoms. The summed E-state index contributed by atoms with van der Waals surface area (Å²) in [5.74, 6) is -0.131. The lowest BCUT2D eigenvalue weighted by molar-refractivity contribution is 0.0951. The molecular weight excluding hydrogens is 412 g/mol. The van der Waals surface area contributed by atoms with Crippen LogP contribution in [0, 0.1) is 0 Å². The van der Waals surface area contributed by atoms with Crippen molar-refractivity contribution in [2.75, 3.05) is 54.6 Å². The fourth-order valence-corrected chi connectivity index (χ4v) is 4.82. The van der Waals surface area contributed by atoms with Crippen molar-refractivity contribution >= 4 is 27.3 Å². The van der Waals surface area contributed by atoms with Crippen LogP contribution in [0.5, 0.6) is 0 Å². The Bertz CT molecular complexity index is 942. The van der Waals surface area contributed by atoms with Crippen LogP contribution in [0.25, 0.3) is 0 Å². The van der Waals surface area contributed by atoms with Gasteiger partial charge in [0.25, 0.3) is 5.91 Å². The van der Waals surface area contributed by atoms with Crippen LogP contribution in [-0.4, -0.2) is 64.2 Å². The highest BCUT2D eigenvalue weighted by molar-refractivity contribution is 7.92. The van der Waals surface area contributed by atoms with E-state index in [1.54, 1.807) is 24.3 Å². The topological polar surface area (TPSA) is 81.7 Å². The number of nitrogens with zero attached hydrogens (tertiary/aromatic N) is 2. The maximum atomic E-state index is 12.4. The van der Waals surface area contributed by atoms with Gasteiger partial charge < -0.3 is 10.2 Å². The highest BCUT2D eigenvalue weighted by Gasteiger charge is 2.17. The van der Waals surface area contributed by atoms with Crippen molar-refractivity contribution in [3.63, 3.8) is 0 Å². The summed E-state index contributed by atoms with van der Waals surface area (Å²) in [6, 6.07) is 17.1. The van der Waals surface area contributed by atoms with Crippen LogP contribution in [0.4, 0.5) is 11.4 Å². The average molecular weight is 445 g/mol. The summed E-state index contributed by atoms with van der Waals surface area (Å²) in [5.41, 5.74) is 2.14. The molecule has 0 saturated carbocycles. The highest BCUT2D eigenvalue weighted by Crippen LogP contribution is 2.16. The van der Waals surface area contributed by atoms with E-state index in [9.17, 15) is 13.2 Å². The Morgan fingerprint density at radius 1 is 1.00 bits per heavy atom. The fraction of sp³-hybridized carbons (Fsp3) is 0.435. The van der Waals surface area contributed by atoms with Crippen molar-refractivity contribution in [3.05, 3.63) is 60.2 Å². The largest absolute Gasteiger partial charge is 0.369 e. The molecule has 7 nitrogen and oxygen atoms in total. The van der Waals surface area contributed by atoms with Crippen molar-refractivity contribution in [2.24, 2.45) is 0 Å². The van der Waals surface area contributed by atoms with Gasteiger partial charge in [0, 0.05) is 49.7 Å². The second kappa shape index (κ2) is 11.2. The summed E-state index contributed by atoms with van der Waals surface area (Å²) < 4.78 is 26.4. The summed E-state index contributed by atoms with van der Waals surface area (Å²) in [7, 11) is -3.37. The van der Waals surface area contributed by atoms with E-state index < -0.39 is 10.0 Å². The van der Waals surface area contributed by atoms with Gasteiger partial charge >= 0.3 is 0 Å². The summed E-state index contributed by atoms with van der Waals surface area (Å²) in [4.78, 5) is 17.3. The van der Waals surface area contributed by atoms with E-state index >= 15 is 0 Å². The Labute approximate surface area is 185 Å².